The van der Waals surface area contributed by atoms with Gasteiger partial charge in [0, 0.05) is 71.9 Å². The summed E-state index contributed by atoms with van der Waals surface area (Å²) in [6.45, 7) is 33.2. The summed E-state index contributed by atoms with van der Waals surface area (Å²) >= 11 is 0. The van der Waals surface area contributed by atoms with Crippen molar-refractivity contribution in [1.29, 1.82) is 0 Å². The number of benzene rings is 7. The lowest BCUT2D eigenvalue weighted by Crippen LogP contribution is -2.52. The number of hydrogen-bond acceptors (Lipinski definition) is 1. The van der Waals surface area contributed by atoms with Gasteiger partial charge in [0.05, 0.1) is 11.0 Å². The van der Waals surface area contributed by atoms with Crippen molar-refractivity contribution in [3.8, 4) is 16.8 Å². The van der Waals surface area contributed by atoms with Crippen LogP contribution in [0.2, 0.25) is 0 Å². The normalized spacial score (nSPS) is 15.6. The van der Waals surface area contributed by atoms with Crippen molar-refractivity contribution < 1.29 is 0 Å². The number of hydrogen-bond donors (Lipinski definition) is 0. The van der Waals surface area contributed by atoms with Crippen LogP contribution in [0.25, 0.3) is 66.1 Å². The van der Waals surface area contributed by atoms with Gasteiger partial charge in [-0.25, -0.2) is 0 Å². The second-order valence-corrected chi connectivity index (χ2v) is 24.7. The third kappa shape index (κ3) is 5.84. The Morgan fingerprint density at radius 1 is 0.448 bits per heavy atom. The van der Waals surface area contributed by atoms with Crippen LogP contribution in [0, 0.1) is 0 Å². The molecule has 334 valence electrons. The Hall–Kier alpha value is -6.26. The van der Waals surface area contributed by atoms with Crippen molar-refractivity contribution in [2.45, 2.75) is 124 Å². The number of rotatable bonds is 2. The minimum Gasteiger partial charge on any atom is -0.376 e. The van der Waals surface area contributed by atoms with Crippen LogP contribution in [0.15, 0.2) is 139 Å². The Labute approximate surface area is 398 Å². The molecular weight excluding hydrogens is 810 g/mol. The Morgan fingerprint density at radius 2 is 1.04 bits per heavy atom. The predicted molar refractivity (Wildman–Crippen MR) is 290 cm³/mol. The Morgan fingerprint density at radius 3 is 1.72 bits per heavy atom. The summed E-state index contributed by atoms with van der Waals surface area (Å²) in [7, 11) is 0. The molecule has 0 atom stereocenters. The molecule has 9 aromatic rings. The molecule has 0 fully saturated rings. The molecule has 2 aliphatic heterocycles. The average molecular weight is 874 g/mol. The first-order valence-electron chi connectivity index (χ1n) is 24.6. The minimum atomic E-state index is -0.286. The highest BCUT2D eigenvalue weighted by Gasteiger charge is 2.53. The van der Waals surface area contributed by atoms with Crippen LogP contribution in [0.1, 0.15) is 130 Å². The van der Waals surface area contributed by atoms with Crippen LogP contribution in [-0.4, -0.2) is 15.9 Å². The van der Waals surface area contributed by atoms with Gasteiger partial charge in [0.15, 0.2) is 0 Å². The van der Waals surface area contributed by atoms with Gasteiger partial charge in [-0.15, -0.1) is 0 Å². The minimum absolute atomic E-state index is 0.0115. The summed E-state index contributed by atoms with van der Waals surface area (Å²) in [4.78, 5) is 2.69. The fourth-order valence-corrected chi connectivity index (χ4v) is 12.2. The van der Waals surface area contributed by atoms with E-state index in [2.05, 4.69) is 244 Å². The van der Waals surface area contributed by atoms with Crippen LogP contribution in [-0.2, 0) is 27.1 Å². The monoisotopic (exact) mass is 874 g/mol. The molecule has 0 bridgehead atoms. The number of nitrogens with zero attached hydrogens (tertiary/aromatic N) is 3. The van der Waals surface area contributed by atoms with Gasteiger partial charge >= 0.3 is 6.85 Å². The van der Waals surface area contributed by atoms with E-state index in [9.17, 15) is 0 Å². The van der Waals surface area contributed by atoms with Crippen molar-refractivity contribution in [1.82, 2.24) is 9.05 Å². The Balaban J connectivity index is 1.32. The molecule has 0 saturated carbocycles. The molecule has 0 saturated heterocycles. The fraction of sp³-hybridized carbons (Fsp3) is 0.302. The molecule has 0 radical (unpaired) electrons. The number of fused-ring (bicyclic) bond motifs is 12. The van der Waals surface area contributed by atoms with E-state index in [0.29, 0.717) is 0 Å². The maximum atomic E-state index is 2.82. The van der Waals surface area contributed by atoms with Crippen molar-refractivity contribution in [2.24, 2.45) is 0 Å². The molecule has 4 heteroatoms. The molecule has 1 aliphatic carbocycles. The molecule has 0 spiro atoms. The second kappa shape index (κ2) is 13.5. The summed E-state index contributed by atoms with van der Waals surface area (Å²) in [5.41, 5.74) is 23.4. The zero-order valence-corrected chi connectivity index (χ0v) is 42.1. The molecule has 12 rings (SSSR count). The van der Waals surface area contributed by atoms with E-state index in [-0.39, 0.29) is 33.9 Å². The van der Waals surface area contributed by atoms with Gasteiger partial charge in [-0.1, -0.05) is 170 Å². The summed E-state index contributed by atoms with van der Waals surface area (Å²) in [6, 6.07) is 52.2. The van der Waals surface area contributed by atoms with Gasteiger partial charge in [0.25, 0.3) is 0 Å². The fourth-order valence-electron chi connectivity index (χ4n) is 12.2. The first kappa shape index (κ1) is 42.1. The molecule has 67 heavy (non-hydrogen) atoms. The van der Waals surface area contributed by atoms with Crippen molar-refractivity contribution in [3.63, 3.8) is 0 Å². The van der Waals surface area contributed by atoms with Gasteiger partial charge in [-0.2, -0.15) is 0 Å². The number of aromatic nitrogens is 2. The molecule has 4 heterocycles. The van der Waals surface area contributed by atoms with Crippen LogP contribution in [0.4, 0.5) is 11.4 Å². The number of para-hydroxylation sites is 2. The molecule has 0 N–H and O–H groups in total. The SMILES string of the molecule is CC(C)(C)c1ccc(N2C3=C(B4c5c(cc(C(C)(C)C)cc52)-c2cc5c(c6ccccc6n5-c5ccccc5)c5c6cc(C(C)(C)C)ccc6n4c25)C(C)(C)c2ccc(C(C)(C)C)cc23)cc1. The van der Waals surface area contributed by atoms with Gasteiger partial charge in [-0.05, 0) is 127 Å². The van der Waals surface area contributed by atoms with Crippen molar-refractivity contribution in [2.75, 3.05) is 4.90 Å². The third-order valence-electron chi connectivity index (χ3n) is 15.9. The highest BCUT2D eigenvalue weighted by atomic mass is 15.2. The van der Waals surface area contributed by atoms with Gasteiger partial charge in [-0.3, -0.25) is 0 Å². The maximum absolute atomic E-state index is 2.82. The summed E-state index contributed by atoms with van der Waals surface area (Å²) in [5.74, 6) is 0. The predicted octanol–water partition coefficient (Wildman–Crippen LogP) is 16.2. The molecule has 7 aromatic carbocycles. The topological polar surface area (TPSA) is 13.1 Å². The van der Waals surface area contributed by atoms with E-state index < -0.39 is 0 Å². The van der Waals surface area contributed by atoms with Crippen LogP contribution in [0.5, 0.6) is 0 Å². The molecule has 3 nitrogen and oxygen atoms in total. The lowest BCUT2D eigenvalue weighted by Gasteiger charge is -2.43. The zero-order valence-electron chi connectivity index (χ0n) is 42.1. The largest absolute Gasteiger partial charge is 0.376 e. The molecule has 2 aromatic heterocycles. The van der Waals surface area contributed by atoms with Gasteiger partial charge in [0.2, 0.25) is 0 Å². The first-order chi connectivity index (χ1) is 31.5. The number of allylic oxidation sites excluding steroid dienone is 1. The maximum Gasteiger partial charge on any atom is 0.329 e. The molecule has 0 amide bonds. The quantitative estimate of drug-likeness (QED) is 0.158. The molecule has 0 unspecified atom stereocenters. The molecule has 3 aliphatic rings. The zero-order chi connectivity index (χ0) is 47.1. The van der Waals surface area contributed by atoms with E-state index in [1.807, 2.05) is 0 Å². The van der Waals surface area contributed by atoms with E-state index in [1.54, 1.807) is 0 Å². The van der Waals surface area contributed by atoms with Crippen LogP contribution < -0.4 is 10.4 Å². The van der Waals surface area contributed by atoms with Crippen LogP contribution in [0.3, 0.4) is 0 Å². The smallest absolute Gasteiger partial charge is 0.329 e. The average Bonchev–Trinajstić information content (AvgIpc) is 3.87. The van der Waals surface area contributed by atoms with E-state index in [0.717, 1.165) is 0 Å². The summed E-state index contributed by atoms with van der Waals surface area (Å²) < 4.78 is 5.34. The second-order valence-electron chi connectivity index (χ2n) is 24.7. The highest BCUT2D eigenvalue weighted by molar-refractivity contribution is 6.86. The lowest BCUT2D eigenvalue weighted by atomic mass is 9.40. The van der Waals surface area contributed by atoms with Crippen molar-refractivity contribution in [3.05, 3.63) is 172 Å². The molecular formula is C63H64BN3. The Bertz CT molecular complexity index is 3620. The van der Waals surface area contributed by atoms with E-state index in [1.165, 1.54) is 122 Å². The van der Waals surface area contributed by atoms with E-state index >= 15 is 0 Å². The first-order valence-corrected chi connectivity index (χ1v) is 24.6. The third-order valence-corrected chi connectivity index (χ3v) is 15.9. The van der Waals surface area contributed by atoms with Gasteiger partial charge in [0.1, 0.15) is 0 Å². The number of anilines is 2. The Kier molecular flexibility index (Phi) is 8.47. The van der Waals surface area contributed by atoms with Crippen molar-refractivity contribution >= 4 is 73.0 Å². The van der Waals surface area contributed by atoms with Crippen LogP contribution >= 0.6 is 0 Å². The lowest BCUT2D eigenvalue weighted by molar-refractivity contribution is 0.588. The van der Waals surface area contributed by atoms with Gasteiger partial charge < -0.3 is 13.9 Å². The highest BCUT2D eigenvalue weighted by Crippen LogP contribution is 2.58. The standard InChI is InChI=1S/C63H64BN3/c1-59(2,3)37-24-28-42(29-25-37)66-52-35-40(62(10,11)12)34-44-45-36-51-53(43-22-18-19-23-49(43)65(51)41-20-16-15-17-21-41)54-47-33-39(61(7,8)9)27-31-50(47)67(56(45)54)64(55(44)52)58-57(66)46-32-38(60(4,5)6)26-30-48(46)63(58,13)14/h15-36H,1-14H3. The summed E-state index contributed by atoms with van der Waals surface area (Å²) in [6.07, 6.45) is 0. The van der Waals surface area contributed by atoms with E-state index in [4.69, 9.17) is 0 Å². The summed E-state index contributed by atoms with van der Waals surface area (Å²) in [5, 5.41) is 5.32.